The Labute approximate surface area is 147 Å². The fourth-order valence-electron chi connectivity index (χ4n) is 2.79. The van der Waals surface area contributed by atoms with Gasteiger partial charge in [-0.2, -0.15) is 0 Å². The molecule has 0 fully saturated rings. The highest BCUT2D eigenvalue weighted by Gasteiger charge is 2.17. The minimum absolute atomic E-state index is 0.129. The predicted molar refractivity (Wildman–Crippen MR) is 93.2 cm³/mol. The molecule has 9 heteroatoms. The number of hydrogen-bond acceptors (Lipinski definition) is 4. The van der Waals surface area contributed by atoms with Gasteiger partial charge in [0.1, 0.15) is 12.4 Å². The molecule has 3 aromatic rings. The Morgan fingerprint density at radius 2 is 1.85 bits per heavy atom. The van der Waals surface area contributed by atoms with Crippen molar-refractivity contribution in [2.45, 2.75) is 19.5 Å². The van der Waals surface area contributed by atoms with Crippen molar-refractivity contribution in [3.8, 4) is 0 Å². The number of halogens is 1. The van der Waals surface area contributed by atoms with Crippen LogP contribution in [-0.4, -0.2) is 24.6 Å². The molecule has 26 heavy (non-hydrogen) atoms. The molecule has 0 saturated carbocycles. The first-order valence-corrected chi connectivity index (χ1v) is 7.95. The molecule has 0 radical (unpaired) electrons. The van der Waals surface area contributed by atoms with Crippen LogP contribution in [0.1, 0.15) is 18.5 Å². The van der Waals surface area contributed by atoms with Gasteiger partial charge in [0.05, 0.1) is 12.4 Å². The van der Waals surface area contributed by atoms with Crippen LogP contribution in [0.4, 0.5) is 4.39 Å². The van der Waals surface area contributed by atoms with Crippen molar-refractivity contribution in [3.63, 3.8) is 0 Å². The Hall–Kier alpha value is -3.23. The minimum Gasteiger partial charge on any atom is -0.348 e. The van der Waals surface area contributed by atoms with Gasteiger partial charge in [0.25, 0.3) is 5.56 Å². The molecule has 0 saturated heterocycles. The topological polar surface area (TPSA) is 90.9 Å². The number of aryl methyl sites for hydroxylation is 1. The lowest BCUT2D eigenvalue weighted by Gasteiger charge is -2.15. The summed E-state index contributed by atoms with van der Waals surface area (Å²) in [7, 11) is 2.89. The van der Waals surface area contributed by atoms with Crippen LogP contribution in [0, 0.1) is 5.82 Å². The third kappa shape index (κ3) is 3.03. The molecule has 3 rings (SSSR count). The number of carbonyl (C=O) groups excluding carboxylic acids is 1. The van der Waals surface area contributed by atoms with Crippen LogP contribution < -0.4 is 16.6 Å². The van der Waals surface area contributed by atoms with E-state index in [9.17, 15) is 18.8 Å². The number of hydrogen-bond donors (Lipinski definition) is 1. The molecule has 2 aromatic heterocycles. The van der Waals surface area contributed by atoms with E-state index in [1.54, 1.807) is 19.1 Å². The molecule has 0 aliphatic rings. The highest BCUT2D eigenvalue weighted by Crippen LogP contribution is 2.13. The maximum Gasteiger partial charge on any atom is 0.332 e. The van der Waals surface area contributed by atoms with Crippen molar-refractivity contribution in [1.82, 2.24) is 24.0 Å². The zero-order chi connectivity index (χ0) is 19.0. The smallest absolute Gasteiger partial charge is 0.332 e. The molecule has 8 nitrogen and oxygen atoms in total. The van der Waals surface area contributed by atoms with Crippen molar-refractivity contribution >= 4 is 17.1 Å². The quantitative estimate of drug-likeness (QED) is 0.732. The average molecular weight is 359 g/mol. The molecule has 0 spiro atoms. The molecule has 2 heterocycles. The Morgan fingerprint density at radius 3 is 2.50 bits per heavy atom. The second-order valence-electron chi connectivity index (χ2n) is 6.09. The zero-order valence-corrected chi connectivity index (χ0v) is 14.6. The van der Waals surface area contributed by atoms with Crippen LogP contribution in [0.2, 0.25) is 0 Å². The third-order valence-corrected chi connectivity index (χ3v) is 4.28. The van der Waals surface area contributed by atoms with Crippen molar-refractivity contribution < 1.29 is 9.18 Å². The molecular formula is C17H18FN5O3. The van der Waals surface area contributed by atoms with E-state index in [0.717, 1.165) is 10.1 Å². The van der Waals surface area contributed by atoms with Crippen LogP contribution in [0.25, 0.3) is 11.2 Å². The van der Waals surface area contributed by atoms with E-state index in [4.69, 9.17) is 0 Å². The van der Waals surface area contributed by atoms with Crippen LogP contribution in [0.15, 0.2) is 40.2 Å². The molecule has 0 unspecified atom stereocenters. The highest BCUT2D eigenvalue weighted by atomic mass is 19.1. The molecule has 0 aliphatic carbocycles. The number of aromatic nitrogens is 4. The van der Waals surface area contributed by atoms with Crippen LogP contribution in [0.3, 0.4) is 0 Å². The van der Waals surface area contributed by atoms with Gasteiger partial charge in [0.2, 0.25) is 5.91 Å². The lowest BCUT2D eigenvalue weighted by molar-refractivity contribution is -0.122. The molecule has 0 aliphatic heterocycles. The molecule has 136 valence electrons. The monoisotopic (exact) mass is 359 g/mol. The molecule has 0 bridgehead atoms. The summed E-state index contributed by atoms with van der Waals surface area (Å²) in [5, 5.41) is 2.79. The lowest BCUT2D eigenvalue weighted by Crippen LogP contribution is -2.38. The van der Waals surface area contributed by atoms with Crippen LogP contribution >= 0.6 is 0 Å². The van der Waals surface area contributed by atoms with Crippen LogP contribution in [0.5, 0.6) is 0 Å². The summed E-state index contributed by atoms with van der Waals surface area (Å²) < 4.78 is 16.6. The first-order valence-electron chi connectivity index (χ1n) is 7.95. The number of benzene rings is 1. The number of imidazole rings is 1. The summed E-state index contributed by atoms with van der Waals surface area (Å²) >= 11 is 0. The summed E-state index contributed by atoms with van der Waals surface area (Å²) in [6.07, 6.45) is 1.35. The Kier molecular flexibility index (Phi) is 4.45. The summed E-state index contributed by atoms with van der Waals surface area (Å²) in [6.45, 7) is 1.65. The number of rotatable bonds is 4. The number of carbonyl (C=O) groups is 1. The van der Waals surface area contributed by atoms with Crippen LogP contribution in [-0.2, 0) is 25.4 Å². The molecule has 1 amide bonds. The highest BCUT2D eigenvalue weighted by molar-refractivity contribution is 5.79. The standard InChI is InChI=1S/C17H18FN5O3/c1-10(11-4-6-12(18)7-5-11)20-13(24)8-23-9-19-15-14(23)16(25)22(3)17(26)21(15)2/h4-7,9-10H,8H2,1-3H3,(H,20,24)/t10-/m0/s1. The van der Waals surface area contributed by atoms with Gasteiger partial charge in [-0.05, 0) is 24.6 Å². The Morgan fingerprint density at radius 1 is 1.19 bits per heavy atom. The Balaban J connectivity index is 1.85. The van der Waals surface area contributed by atoms with Crippen molar-refractivity contribution in [2.75, 3.05) is 0 Å². The number of nitrogens with zero attached hydrogens (tertiary/aromatic N) is 4. The van der Waals surface area contributed by atoms with Gasteiger partial charge in [-0.3, -0.25) is 18.7 Å². The molecular weight excluding hydrogens is 341 g/mol. The zero-order valence-electron chi connectivity index (χ0n) is 14.6. The van der Waals surface area contributed by atoms with Gasteiger partial charge in [-0.25, -0.2) is 14.2 Å². The van der Waals surface area contributed by atoms with E-state index < -0.39 is 11.2 Å². The average Bonchev–Trinajstić information content (AvgIpc) is 3.02. The van der Waals surface area contributed by atoms with Gasteiger partial charge >= 0.3 is 5.69 Å². The Bertz CT molecular complexity index is 1090. The number of amides is 1. The van der Waals surface area contributed by atoms with Gasteiger partial charge < -0.3 is 9.88 Å². The van der Waals surface area contributed by atoms with E-state index in [1.807, 2.05) is 0 Å². The minimum atomic E-state index is -0.514. The predicted octanol–water partition coefficient (Wildman–Crippen LogP) is 0.450. The van der Waals surface area contributed by atoms with E-state index in [1.165, 1.54) is 41.7 Å². The van der Waals surface area contributed by atoms with E-state index in [2.05, 4.69) is 10.3 Å². The fourth-order valence-corrected chi connectivity index (χ4v) is 2.79. The SMILES string of the molecule is C[C@H](NC(=O)Cn1cnc2c1c(=O)n(C)c(=O)n2C)c1ccc(F)cc1. The number of fused-ring (bicyclic) bond motifs is 1. The molecule has 1 atom stereocenters. The summed E-state index contributed by atoms with van der Waals surface area (Å²) in [5.74, 6) is -0.685. The molecule has 1 N–H and O–H groups in total. The van der Waals surface area contributed by atoms with Gasteiger partial charge in [-0.1, -0.05) is 12.1 Å². The third-order valence-electron chi connectivity index (χ3n) is 4.28. The normalized spacial score (nSPS) is 12.3. The van der Waals surface area contributed by atoms with Crippen molar-refractivity contribution in [1.29, 1.82) is 0 Å². The van der Waals surface area contributed by atoms with Gasteiger partial charge in [0.15, 0.2) is 11.2 Å². The maximum atomic E-state index is 13.0. The largest absolute Gasteiger partial charge is 0.348 e. The maximum absolute atomic E-state index is 13.0. The van der Waals surface area contributed by atoms with E-state index >= 15 is 0 Å². The summed E-state index contributed by atoms with van der Waals surface area (Å²) in [4.78, 5) is 40.7. The second kappa shape index (κ2) is 6.58. The first kappa shape index (κ1) is 17.6. The van der Waals surface area contributed by atoms with Gasteiger partial charge in [0, 0.05) is 14.1 Å². The second-order valence-corrected chi connectivity index (χ2v) is 6.09. The summed E-state index contributed by atoms with van der Waals surface area (Å²) in [6, 6.07) is 5.51. The van der Waals surface area contributed by atoms with Gasteiger partial charge in [-0.15, -0.1) is 0 Å². The first-order chi connectivity index (χ1) is 12.3. The fraction of sp³-hybridized carbons (Fsp3) is 0.294. The number of nitrogens with one attached hydrogen (secondary N) is 1. The lowest BCUT2D eigenvalue weighted by atomic mass is 10.1. The van der Waals surface area contributed by atoms with Crippen molar-refractivity contribution in [2.24, 2.45) is 14.1 Å². The van der Waals surface area contributed by atoms with Crippen molar-refractivity contribution in [3.05, 3.63) is 62.8 Å². The molecule has 1 aromatic carbocycles. The van der Waals surface area contributed by atoms with E-state index in [0.29, 0.717) is 0 Å². The summed E-state index contributed by atoms with van der Waals surface area (Å²) in [5.41, 5.74) is 0.160. The van der Waals surface area contributed by atoms with E-state index in [-0.39, 0.29) is 35.5 Å².